The number of aryl methyl sites for hydroxylation is 2. The molecule has 0 heterocycles. The van der Waals surface area contributed by atoms with E-state index in [9.17, 15) is 0 Å². The number of hydrogen-bond donors (Lipinski definition) is 1. The third-order valence-corrected chi connectivity index (χ3v) is 1.17. The van der Waals surface area contributed by atoms with E-state index in [0.29, 0.717) is 0 Å². The maximum atomic E-state index is 5.77. The van der Waals surface area contributed by atoms with Crippen LogP contribution in [0.15, 0.2) is 24.3 Å². The van der Waals surface area contributed by atoms with Gasteiger partial charge in [0.05, 0.1) is 5.16 Å². The Morgan fingerprint density at radius 3 is 1.82 bits per heavy atom. The SMILES string of the molecule is Cc1cccc(C)c1.N=C=S. The van der Waals surface area contributed by atoms with Gasteiger partial charge in [-0.1, -0.05) is 35.4 Å². The molecule has 1 N–H and O–H groups in total. The number of thiocarbonyl (C=S) groups is 1. The van der Waals surface area contributed by atoms with E-state index in [2.05, 4.69) is 50.3 Å². The molecule has 2 heteroatoms. The number of benzene rings is 1. The summed E-state index contributed by atoms with van der Waals surface area (Å²) in [5, 5.41) is 7.36. The van der Waals surface area contributed by atoms with Crippen LogP contribution < -0.4 is 0 Å². The number of hydrogen-bond acceptors (Lipinski definition) is 2. The second-order valence-electron chi connectivity index (χ2n) is 2.26. The van der Waals surface area contributed by atoms with Crippen molar-refractivity contribution in [3.8, 4) is 0 Å². The van der Waals surface area contributed by atoms with Crippen molar-refractivity contribution in [2.75, 3.05) is 0 Å². The van der Waals surface area contributed by atoms with Gasteiger partial charge < -0.3 is 0 Å². The van der Waals surface area contributed by atoms with E-state index in [1.54, 1.807) is 5.16 Å². The highest BCUT2D eigenvalue weighted by Gasteiger charge is 1.80. The first-order valence-electron chi connectivity index (χ1n) is 3.28. The van der Waals surface area contributed by atoms with Gasteiger partial charge in [0, 0.05) is 0 Å². The van der Waals surface area contributed by atoms with Crippen LogP contribution in [0.1, 0.15) is 11.1 Å². The Bertz CT molecular complexity index is 232. The molecule has 0 saturated carbocycles. The highest BCUT2D eigenvalue weighted by atomic mass is 32.1. The Morgan fingerprint density at radius 1 is 1.27 bits per heavy atom. The van der Waals surface area contributed by atoms with Gasteiger partial charge in [-0.15, -0.1) is 0 Å². The Hall–Kier alpha value is -0.980. The lowest BCUT2D eigenvalue weighted by Crippen LogP contribution is -1.71. The van der Waals surface area contributed by atoms with Gasteiger partial charge in [0.15, 0.2) is 0 Å². The maximum absolute atomic E-state index is 5.77. The summed E-state index contributed by atoms with van der Waals surface area (Å²) in [6, 6.07) is 8.45. The van der Waals surface area contributed by atoms with Crippen LogP contribution in [0.4, 0.5) is 0 Å². The van der Waals surface area contributed by atoms with Crippen LogP contribution in [-0.4, -0.2) is 5.16 Å². The monoisotopic (exact) mass is 165 g/mol. The molecular weight excluding hydrogens is 154 g/mol. The number of nitrogens with one attached hydrogen (secondary N) is 1. The van der Waals surface area contributed by atoms with E-state index in [0.717, 1.165) is 0 Å². The van der Waals surface area contributed by atoms with Crippen LogP contribution in [0.25, 0.3) is 0 Å². The van der Waals surface area contributed by atoms with Crippen LogP contribution >= 0.6 is 12.2 Å². The third-order valence-electron chi connectivity index (χ3n) is 1.17. The molecule has 11 heavy (non-hydrogen) atoms. The Labute approximate surface area is 72.6 Å². The van der Waals surface area contributed by atoms with Gasteiger partial charge in [0.25, 0.3) is 0 Å². The zero-order valence-electron chi connectivity index (χ0n) is 6.72. The zero-order chi connectivity index (χ0) is 8.69. The summed E-state index contributed by atoms with van der Waals surface area (Å²) in [6.07, 6.45) is 0. The minimum Gasteiger partial charge on any atom is -0.248 e. The van der Waals surface area contributed by atoms with Crippen molar-refractivity contribution in [1.29, 1.82) is 5.41 Å². The highest BCUT2D eigenvalue weighted by molar-refractivity contribution is 7.78. The van der Waals surface area contributed by atoms with E-state index < -0.39 is 0 Å². The summed E-state index contributed by atoms with van der Waals surface area (Å²) in [5.74, 6) is 0. The molecule has 0 bridgehead atoms. The third kappa shape index (κ3) is 5.46. The molecule has 0 saturated heterocycles. The van der Waals surface area contributed by atoms with Gasteiger partial charge >= 0.3 is 0 Å². The predicted octanol–water partition coefficient (Wildman–Crippen LogP) is 2.97. The van der Waals surface area contributed by atoms with Gasteiger partial charge in [-0.3, -0.25) is 0 Å². The average molecular weight is 165 g/mol. The molecule has 0 amide bonds. The van der Waals surface area contributed by atoms with Crippen molar-refractivity contribution in [1.82, 2.24) is 0 Å². The predicted molar refractivity (Wildman–Crippen MR) is 51.2 cm³/mol. The molecule has 58 valence electrons. The van der Waals surface area contributed by atoms with Crippen LogP contribution in [0.2, 0.25) is 0 Å². The molecule has 1 nitrogen and oxygen atoms in total. The molecule has 0 atom stereocenters. The molecule has 0 aromatic heterocycles. The Kier molecular flexibility index (Phi) is 5.26. The van der Waals surface area contributed by atoms with Gasteiger partial charge in [0.1, 0.15) is 0 Å². The molecule has 0 fully saturated rings. The summed E-state index contributed by atoms with van der Waals surface area (Å²) in [4.78, 5) is 0. The maximum Gasteiger partial charge on any atom is 0.0554 e. The van der Waals surface area contributed by atoms with E-state index in [4.69, 9.17) is 5.41 Å². The normalized spacial score (nSPS) is 7.45. The van der Waals surface area contributed by atoms with Crippen molar-refractivity contribution in [3.63, 3.8) is 0 Å². The summed E-state index contributed by atoms with van der Waals surface area (Å²) < 4.78 is 0. The summed E-state index contributed by atoms with van der Waals surface area (Å²) in [5.41, 5.74) is 2.68. The van der Waals surface area contributed by atoms with Gasteiger partial charge in [0.2, 0.25) is 0 Å². The first-order valence-corrected chi connectivity index (χ1v) is 3.68. The van der Waals surface area contributed by atoms with Crippen LogP contribution in [0.3, 0.4) is 0 Å². The lowest BCUT2D eigenvalue weighted by Gasteiger charge is -1.90. The van der Waals surface area contributed by atoms with Crippen molar-refractivity contribution >= 4 is 17.4 Å². The molecule has 0 spiro atoms. The zero-order valence-corrected chi connectivity index (χ0v) is 7.53. The Balaban J connectivity index is 0.000000292. The minimum absolute atomic E-state index is 1.34. The second kappa shape index (κ2) is 5.78. The van der Waals surface area contributed by atoms with Gasteiger partial charge in [-0.25, -0.2) is 5.41 Å². The van der Waals surface area contributed by atoms with E-state index >= 15 is 0 Å². The van der Waals surface area contributed by atoms with Crippen LogP contribution in [0, 0.1) is 19.3 Å². The fourth-order valence-corrected chi connectivity index (χ4v) is 0.807. The lowest BCUT2D eigenvalue weighted by atomic mass is 10.2. The lowest BCUT2D eigenvalue weighted by molar-refractivity contribution is 1.39. The minimum atomic E-state index is 1.34. The summed E-state index contributed by atoms with van der Waals surface area (Å²) in [7, 11) is 0. The summed E-state index contributed by atoms with van der Waals surface area (Å²) in [6.45, 7) is 4.21. The van der Waals surface area contributed by atoms with E-state index in [1.807, 2.05) is 0 Å². The van der Waals surface area contributed by atoms with Crippen molar-refractivity contribution in [3.05, 3.63) is 35.4 Å². The van der Waals surface area contributed by atoms with E-state index in [-0.39, 0.29) is 0 Å². The standard InChI is InChI=1S/C8H10.CHNS/c1-7-4-3-5-8(2)6-7;2-1-3/h3-6H,1-2H3;2H. The fraction of sp³-hybridized carbons (Fsp3) is 0.222. The second-order valence-corrected chi connectivity index (χ2v) is 2.46. The van der Waals surface area contributed by atoms with E-state index in [1.165, 1.54) is 11.1 Å². The van der Waals surface area contributed by atoms with Gasteiger partial charge in [-0.05, 0) is 26.1 Å². The molecule has 1 aromatic rings. The molecule has 0 aliphatic heterocycles. The van der Waals surface area contributed by atoms with Gasteiger partial charge in [-0.2, -0.15) is 0 Å². The topological polar surface area (TPSA) is 23.9 Å². The molecule has 0 unspecified atom stereocenters. The highest BCUT2D eigenvalue weighted by Crippen LogP contribution is 2.00. The molecule has 1 aromatic carbocycles. The van der Waals surface area contributed by atoms with Crippen LogP contribution in [-0.2, 0) is 0 Å². The molecule has 0 radical (unpaired) electrons. The number of isothiocyanates is 1. The molecule has 0 aliphatic carbocycles. The average Bonchev–Trinajstić information content (AvgIpc) is 1.88. The Morgan fingerprint density at radius 2 is 1.64 bits per heavy atom. The molecular formula is C9H11NS. The molecule has 1 rings (SSSR count). The van der Waals surface area contributed by atoms with Crippen LogP contribution in [0.5, 0.6) is 0 Å². The van der Waals surface area contributed by atoms with Crippen molar-refractivity contribution < 1.29 is 0 Å². The fourth-order valence-electron chi connectivity index (χ4n) is 0.807. The largest absolute Gasteiger partial charge is 0.248 e. The number of rotatable bonds is 0. The van der Waals surface area contributed by atoms with Crippen molar-refractivity contribution in [2.24, 2.45) is 0 Å². The molecule has 0 aliphatic rings. The summed E-state index contributed by atoms with van der Waals surface area (Å²) >= 11 is 3.81. The smallest absolute Gasteiger partial charge is 0.0554 e. The van der Waals surface area contributed by atoms with Crippen molar-refractivity contribution in [2.45, 2.75) is 13.8 Å². The first-order chi connectivity index (χ1) is 5.20. The first kappa shape index (κ1) is 10.0. The quantitative estimate of drug-likeness (QED) is 0.463.